The molecule has 0 bridgehead atoms. The molecular formula is C19H28N2O. The molecule has 0 aliphatic rings. The van der Waals surface area contributed by atoms with Crippen LogP contribution < -0.4 is 10.5 Å². The molecule has 1 unspecified atom stereocenters. The van der Waals surface area contributed by atoms with E-state index in [9.17, 15) is 0 Å². The molecule has 0 amide bonds. The van der Waals surface area contributed by atoms with Gasteiger partial charge in [0.25, 0.3) is 0 Å². The lowest BCUT2D eigenvalue weighted by Crippen LogP contribution is -2.34. The number of ether oxygens (including phenoxy) is 1. The van der Waals surface area contributed by atoms with Crippen LogP contribution in [-0.2, 0) is 0 Å². The lowest BCUT2D eigenvalue weighted by atomic mass is 9.96. The summed E-state index contributed by atoms with van der Waals surface area (Å²) in [6.45, 7) is 9.79. The van der Waals surface area contributed by atoms with Gasteiger partial charge in [-0.3, -0.25) is 4.90 Å². The van der Waals surface area contributed by atoms with Crippen molar-refractivity contribution >= 4 is 10.8 Å². The second kappa shape index (κ2) is 8.16. The van der Waals surface area contributed by atoms with Crippen molar-refractivity contribution in [1.29, 1.82) is 0 Å². The molecule has 0 aliphatic carbocycles. The fraction of sp³-hybridized carbons (Fsp3) is 0.474. The Bertz CT molecular complexity index is 593. The number of fused-ring (bicyclic) bond motifs is 1. The Hall–Kier alpha value is -1.58. The predicted octanol–water partition coefficient (Wildman–Crippen LogP) is 3.97. The zero-order valence-corrected chi connectivity index (χ0v) is 14.0. The average Bonchev–Trinajstić information content (AvgIpc) is 2.57. The highest BCUT2D eigenvalue weighted by Gasteiger charge is 2.22. The van der Waals surface area contributed by atoms with E-state index >= 15 is 0 Å². The highest BCUT2D eigenvalue weighted by atomic mass is 16.5. The molecule has 2 N–H and O–H groups in total. The Morgan fingerprint density at radius 3 is 2.41 bits per heavy atom. The first-order valence-electron chi connectivity index (χ1n) is 8.35. The molecule has 0 spiro atoms. The number of nitrogens with zero attached hydrogens (tertiary/aromatic N) is 1. The van der Waals surface area contributed by atoms with Crippen LogP contribution in [0.25, 0.3) is 10.8 Å². The van der Waals surface area contributed by atoms with Gasteiger partial charge in [0.2, 0.25) is 0 Å². The number of benzene rings is 2. The molecule has 120 valence electrons. The topological polar surface area (TPSA) is 38.5 Å². The van der Waals surface area contributed by atoms with Crippen LogP contribution >= 0.6 is 0 Å². The highest BCUT2D eigenvalue weighted by Crippen LogP contribution is 2.35. The van der Waals surface area contributed by atoms with Gasteiger partial charge < -0.3 is 10.5 Å². The van der Waals surface area contributed by atoms with E-state index in [0.717, 1.165) is 31.9 Å². The van der Waals surface area contributed by atoms with Crippen LogP contribution in [-0.4, -0.2) is 31.1 Å². The van der Waals surface area contributed by atoms with Crippen molar-refractivity contribution in [2.45, 2.75) is 33.2 Å². The Kier molecular flexibility index (Phi) is 6.22. The number of rotatable bonds is 8. The van der Waals surface area contributed by atoms with Gasteiger partial charge in [0, 0.05) is 12.1 Å². The summed E-state index contributed by atoms with van der Waals surface area (Å²) in [5.41, 5.74) is 7.38. The highest BCUT2D eigenvalue weighted by molar-refractivity contribution is 5.88. The summed E-state index contributed by atoms with van der Waals surface area (Å²) in [5, 5.41) is 2.49. The van der Waals surface area contributed by atoms with E-state index in [4.69, 9.17) is 10.5 Å². The van der Waals surface area contributed by atoms with Gasteiger partial charge in [0.05, 0.1) is 12.6 Å². The molecule has 3 heteroatoms. The van der Waals surface area contributed by atoms with Crippen LogP contribution in [0.3, 0.4) is 0 Å². The van der Waals surface area contributed by atoms with E-state index in [-0.39, 0.29) is 6.04 Å². The van der Waals surface area contributed by atoms with Gasteiger partial charge in [0.1, 0.15) is 5.75 Å². The molecule has 1 atom stereocenters. The monoisotopic (exact) mass is 300 g/mol. The molecule has 3 nitrogen and oxygen atoms in total. The van der Waals surface area contributed by atoms with Crippen LogP contribution in [0.4, 0.5) is 0 Å². The molecular weight excluding hydrogens is 272 g/mol. The third-order valence-electron chi connectivity index (χ3n) is 4.20. The summed E-state index contributed by atoms with van der Waals surface area (Å²) < 4.78 is 6.03. The second-order valence-corrected chi connectivity index (χ2v) is 5.52. The molecule has 2 rings (SSSR count). The quantitative estimate of drug-likeness (QED) is 0.801. The molecule has 0 saturated heterocycles. The Labute approximate surface area is 134 Å². The van der Waals surface area contributed by atoms with E-state index in [1.807, 2.05) is 0 Å². The van der Waals surface area contributed by atoms with Crippen LogP contribution in [0, 0.1) is 0 Å². The van der Waals surface area contributed by atoms with E-state index in [1.165, 1.54) is 16.3 Å². The van der Waals surface area contributed by atoms with E-state index in [0.29, 0.717) is 6.54 Å². The normalized spacial score (nSPS) is 12.8. The number of hydrogen-bond donors (Lipinski definition) is 1. The standard InChI is InChI=1S/C19H28N2O/c1-4-13-22-18-12-11-15-9-7-8-10-16(15)19(18)17(14-20)21(5-2)6-3/h7-12,17H,4-6,13-14,20H2,1-3H3. The largest absolute Gasteiger partial charge is 0.493 e. The van der Waals surface area contributed by atoms with E-state index in [1.54, 1.807) is 0 Å². The molecule has 2 aromatic carbocycles. The lowest BCUT2D eigenvalue weighted by molar-refractivity contribution is 0.217. The first kappa shape index (κ1) is 16.8. The molecule has 0 radical (unpaired) electrons. The second-order valence-electron chi connectivity index (χ2n) is 5.52. The first-order chi connectivity index (χ1) is 10.8. The zero-order valence-electron chi connectivity index (χ0n) is 14.0. The Morgan fingerprint density at radius 2 is 1.77 bits per heavy atom. The van der Waals surface area contributed by atoms with E-state index < -0.39 is 0 Å². The summed E-state index contributed by atoms with van der Waals surface area (Å²) in [6, 6.07) is 12.9. The molecule has 0 aromatic heterocycles. The predicted molar refractivity (Wildman–Crippen MR) is 94.5 cm³/mol. The third kappa shape index (κ3) is 3.42. The van der Waals surface area contributed by atoms with E-state index in [2.05, 4.69) is 62.1 Å². The van der Waals surface area contributed by atoms with Gasteiger partial charge in [-0.15, -0.1) is 0 Å². The van der Waals surface area contributed by atoms with Crippen molar-refractivity contribution in [3.8, 4) is 5.75 Å². The Balaban J connectivity index is 2.59. The number of nitrogens with two attached hydrogens (primary N) is 1. The molecule has 22 heavy (non-hydrogen) atoms. The van der Waals surface area contributed by atoms with Crippen LogP contribution in [0.2, 0.25) is 0 Å². The van der Waals surface area contributed by atoms with Gasteiger partial charge in [-0.2, -0.15) is 0 Å². The van der Waals surface area contributed by atoms with Crippen molar-refractivity contribution in [2.24, 2.45) is 5.73 Å². The molecule has 2 aromatic rings. The van der Waals surface area contributed by atoms with Gasteiger partial charge in [-0.1, -0.05) is 51.1 Å². The lowest BCUT2D eigenvalue weighted by Gasteiger charge is -2.31. The minimum Gasteiger partial charge on any atom is -0.493 e. The van der Waals surface area contributed by atoms with Crippen molar-refractivity contribution in [3.05, 3.63) is 42.0 Å². The van der Waals surface area contributed by atoms with Crippen molar-refractivity contribution in [1.82, 2.24) is 4.90 Å². The van der Waals surface area contributed by atoms with Crippen molar-refractivity contribution < 1.29 is 4.74 Å². The van der Waals surface area contributed by atoms with Gasteiger partial charge in [-0.05, 0) is 36.3 Å². The minimum absolute atomic E-state index is 0.188. The summed E-state index contributed by atoms with van der Waals surface area (Å²) in [4.78, 5) is 2.40. The fourth-order valence-corrected chi connectivity index (χ4v) is 3.07. The smallest absolute Gasteiger partial charge is 0.124 e. The van der Waals surface area contributed by atoms with Crippen molar-refractivity contribution in [2.75, 3.05) is 26.2 Å². The molecule has 0 saturated carbocycles. The van der Waals surface area contributed by atoms with Crippen molar-refractivity contribution in [3.63, 3.8) is 0 Å². The molecule has 0 aliphatic heterocycles. The SMILES string of the molecule is CCCOc1ccc2ccccc2c1C(CN)N(CC)CC. The van der Waals surface area contributed by atoms with Gasteiger partial charge in [-0.25, -0.2) is 0 Å². The molecule has 0 fully saturated rings. The van der Waals surface area contributed by atoms with Crippen LogP contribution in [0.1, 0.15) is 38.8 Å². The number of hydrogen-bond acceptors (Lipinski definition) is 3. The Morgan fingerprint density at radius 1 is 1.05 bits per heavy atom. The van der Waals surface area contributed by atoms with Crippen LogP contribution in [0.5, 0.6) is 5.75 Å². The summed E-state index contributed by atoms with van der Waals surface area (Å²) in [6.07, 6.45) is 1.00. The maximum Gasteiger partial charge on any atom is 0.124 e. The third-order valence-corrected chi connectivity index (χ3v) is 4.20. The average molecular weight is 300 g/mol. The number of likely N-dealkylation sites (N-methyl/N-ethyl adjacent to an activating group) is 1. The molecule has 0 heterocycles. The van der Waals surface area contributed by atoms with Gasteiger partial charge in [0.15, 0.2) is 0 Å². The van der Waals surface area contributed by atoms with Crippen LogP contribution in [0.15, 0.2) is 36.4 Å². The first-order valence-corrected chi connectivity index (χ1v) is 8.35. The van der Waals surface area contributed by atoms with Gasteiger partial charge >= 0.3 is 0 Å². The maximum absolute atomic E-state index is 6.15. The summed E-state index contributed by atoms with van der Waals surface area (Å²) in [7, 11) is 0. The fourth-order valence-electron chi connectivity index (χ4n) is 3.07. The minimum atomic E-state index is 0.188. The zero-order chi connectivity index (χ0) is 15.9. The summed E-state index contributed by atoms with van der Waals surface area (Å²) in [5.74, 6) is 0.975. The summed E-state index contributed by atoms with van der Waals surface area (Å²) >= 11 is 0. The maximum atomic E-state index is 6.15.